The lowest BCUT2D eigenvalue weighted by Crippen LogP contribution is -2.62. The second kappa shape index (κ2) is 6.79. The Balaban J connectivity index is 2.01. The molecule has 0 aromatic heterocycles. The van der Waals surface area contributed by atoms with Crippen LogP contribution in [0.25, 0.3) is 0 Å². The molecule has 2 saturated heterocycles. The molecule has 0 spiro atoms. The maximum absolute atomic E-state index is 9.87. The van der Waals surface area contributed by atoms with Crippen molar-refractivity contribution >= 4 is 0 Å². The Labute approximate surface area is 119 Å². The topological polar surface area (TPSA) is 169 Å². The van der Waals surface area contributed by atoms with E-state index < -0.39 is 61.9 Å². The number of ether oxygens (including phenoxy) is 3. The number of rotatable bonds is 3. The molecule has 9 atom stereocenters. The average molecular weight is 312 g/mol. The molecule has 10 nitrogen and oxygen atoms in total. The zero-order chi connectivity index (χ0) is 15.7. The van der Waals surface area contributed by atoms with Crippen LogP contribution in [0.15, 0.2) is 0 Å². The molecule has 0 radical (unpaired) electrons. The Bertz CT molecular complexity index is 341. The summed E-state index contributed by atoms with van der Waals surface area (Å²) >= 11 is 0. The fourth-order valence-corrected chi connectivity index (χ4v) is 2.27. The first-order chi connectivity index (χ1) is 9.86. The molecule has 2 rings (SSSR count). The summed E-state index contributed by atoms with van der Waals surface area (Å²) in [5, 5.41) is 66.7. The molecule has 10 heteroatoms. The Hall–Kier alpha value is -0.400. The van der Waals surface area contributed by atoms with E-state index in [2.05, 4.69) is 0 Å². The zero-order valence-electron chi connectivity index (χ0n) is 11.0. The van der Waals surface area contributed by atoms with Gasteiger partial charge in [-0.15, -0.1) is 0 Å². The van der Waals surface area contributed by atoms with Crippen LogP contribution in [0, 0.1) is 0 Å². The van der Waals surface area contributed by atoms with E-state index in [1.165, 1.54) is 0 Å². The van der Waals surface area contributed by atoms with Gasteiger partial charge in [0.1, 0.15) is 42.7 Å². The van der Waals surface area contributed by atoms with Gasteiger partial charge in [0.25, 0.3) is 0 Å². The van der Waals surface area contributed by atoms with E-state index in [1.807, 2.05) is 0 Å². The van der Waals surface area contributed by atoms with Gasteiger partial charge in [0.05, 0.1) is 13.2 Å². The largest absolute Gasteiger partial charge is 0.394 e. The van der Waals surface area contributed by atoms with Gasteiger partial charge in [-0.2, -0.15) is 0 Å². The molecule has 2 aliphatic heterocycles. The summed E-state index contributed by atoms with van der Waals surface area (Å²) in [5.74, 6) is 0. The fraction of sp³-hybridized carbons (Fsp3) is 1.00. The molecule has 2 aliphatic rings. The van der Waals surface area contributed by atoms with Crippen molar-refractivity contribution in [3.05, 3.63) is 0 Å². The lowest BCUT2D eigenvalue weighted by Gasteiger charge is -2.43. The summed E-state index contributed by atoms with van der Waals surface area (Å²) < 4.78 is 15.0. The van der Waals surface area contributed by atoms with Gasteiger partial charge in [0.2, 0.25) is 0 Å². The van der Waals surface area contributed by atoms with E-state index >= 15 is 0 Å². The van der Waals surface area contributed by atoms with Crippen LogP contribution in [0.4, 0.5) is 0 Å². The van der Waals surface area contributed by atoms with Gasteiger partial charge < -0.3 is 50.0 Å². The highest BCUT2D eigenvalue weighted by Crippen LogP contribution is 2.26. The first-order valence-corrected chi connectivity index (χ1v) is 6.48. The Morgan fingerprint density at radius 3 is 2.19 bits per heavy atom. The monoisotopic (exact) mass is 312 g/mol. The SMILES string of the molecule is OC[C@H]1O[C@H](O)[C@H](O[C@@H]2OC[C@@H](O)[C@H](O)[C@H]2O)[C@@H](O)[C@@H]1O. The third kappa shape index (κ3) is 3.35. The van der Waals surface area contributed by atoms with E-state index in [9.17, 15) is 30.6 Å². The quantitative estimate of drug-likeness (QED) is 0.268. The molecule has 124 valence electrons. The summed E-state index contributed by atoms with van der Waals surface area (Å²) in [6, 6.07) is 0. The second-order valence-electron chi connectivity index (χ2n) is 5.08. The summed E-state index contributed by atoms with van der Waals surface area (Å²) in [5.41, 5.74) is 0. The van der Waals surface area contributed by atoms with Crippen molar-refractivity contribution in [3.8, 4) is 0 Å². The molecule has 0 unspecified atom stereocenters. The molecular weight excluding hydrogens is 292 g/mol. The number of aliphatic hydroxyl groups is 7. The van der Waals surface area contributed by atoms with Crippen molar-refractivity contribution in [1.29, 1.82) is 0 Å². The van der Waals surface area contributed by atoms with E-state index in [4.69, 9.17) is 19.3 Å². The summed E-state index contributed by atoms with van der Waals surface area (Å²) in [6.45, 7) is -0.931. The van der Waals surface area contributed by atoms with Gasteiger partial charge >= 0.3 is 0 Å². The van der Waals surface area contributed by atoms with E-state index in [1.54, 1.807) is 0 Å². The van der Waals surface area contributed by atoms with Crippen LogP contribution in [0.1, 0.15) is 0 Å². The van der Waals surface area contributed by atoms with Gasteiger partial charge in [-0.05, 0) is 0 Å². The molecule has 0 amide bonds. The Morgan fingerprint density at radius 1 is 0.905 bits per heavy atom. The second-order valence-corrected chi connectivity index (χ2v) is 5.08. The first-order valence-electron chi connectivity index (χ1n) is 6.48. The smallest absolute Gasteiger partial charge is 0.186 e. The van der Waals surface area contributed by atoms with Gasteiger partial charge in [-0.3, -0.25) is 0 Å². The number of hydrogen-bond donors (Lipinski definition) is 7. The standard InChI is InChI=1S/C11H20O10/c12-1-4-6(15)7(16)9(10(18)20-4)21-11-8(17)5(14)3(13)2-19-11/h3-18H,1-2H2/t3-,4-,5+,6-,7+,8-,9-,10+,11+/m1/s1. The predicted octanol–water partition coefficient (Wildman–Crippen LogP) is -4.76. The van der Waals surface area contributed by atoms with Crippen LogP contribution in [0.3, 0.4) is 0 Å². The Morgan fingerprint density at radius 2 is 1.57 bits per heavy atom. The third-order valence-corrected chi connectivity index (χ3v) is 3.59. The summed E-state index contributed by atoms with van der Waals surface area (Å²) in [6.07, 6.45) is -13.3. The first kappa shape index (κ1) is 17.0. The van der Waals surface area contributed by atoms with Crippen molar-refractivity contribution < 1.29 is 50.0 Å². The minimum atomic E-state index is -1.68. The van der Waals surface area contributed by atoms with Crippen molar-refractivity contribution in [1.82, 2.24) is 0 Å². The molecule has 0 aromatic rings. The van der Waals surface area contributed by atoms with E-state index in [0.29, 0.717) is 0 Å². The van der Waals surface area contributed by atoms with Gasteiger partial charge in [0.15, 0.2) is 12.6 Å². The van der Waals surface area contributed by atoms with Gasteiger partial charge in [0, 0.05) is 0 Å². The van der Waals surface area contributed by atoms with Gasteiger partial charge in [-0.25, -0.2) is 0 Å². The third-order valence-electron chi connectivity index (χ3n) is 3.59. The fourth-order valence-electron chi connectivity index (χ4n) is 2.27. The molecule has 0 aromatic carbocycles. The lowest BCUT2D eigenvalue weighted by molar-refractivity contribution is -0.349. The zero-order valence-corrected chi connectivity index (χ0v) is 11.0. The maximum Gasteiger partial charge on any atom is 0.186 e. The van der Waals surface area contributed by atoms with Crippen molar-refractivity contribution in [3.63, 3.8) is 0 Å². The predicted molar refractivity (Wildman–Crippen MR) is 62.6 cm³/mol. The van der Waals surface area contributed by atoms with Crippen LogP contribution in [-0.2, 0) is 14.2 Å². The molecule has 7 N–H and O–H groups in total. The summed E-state index contributed by atoms with van der Waals surface area (Å²) in [7, 11) is 0. The van der Waals surface area contributed by atoms with Crippen molar-refractivity contribution in [2.75, 3.05) is 13.2 Å². The minimum absolute atomic E-state index is 0.315. The van der Waals surface area contributed by atoms with E-state index in [0.717, 1.165) is 0 Å². The van der Waals surface area contributed by atoms with Crippen LogP contribution < -0.4 is 0 Å². The number of aliphatic hydroxyl groups excluding tert-OH is 7. The highest BCUT2D eigenvalue weighted by Gasteiger charge is 2.48. The lowest BCUT2D eigenvalue weighted by atomic mass is 9.98. The van der Waals surface area contributed by atoms with Gasteiger partial charge in [-0.1, -0.05) is 0 Å². The maximum atomic E-state index is 9.87. The van der Waals surface area contributed by atoms with E-state index in [-0.39, 0.29) is 6.61 Å². The molecule has 2 heterocycles. The molecular formula is C11H20O10. The molecule has 2 fully saturated rings. The van der Waals surface area contributed by atoms with Crippen molar-refractivity contribution in [2.24, 2.45) is 0 Å². The van der Waals surface area contributed by atoms with Crippen LogP contribution in [0.2, 0.25) is 0 Å². The molecule has 0 saturated carbocycles. The number of hydrogen-bond acceptors (Lipinski definition) is 10. The van der Waals surface area contributed by atoms with Crippen LogP contribution >= 0.6 is 0 Å². The Kier molecular flexibility index (Phi) is 5.48. The van der Waals surface area contributed by atoms with Crippen LogP contribution in [-0.4, -0.2) is 104 Å². The van der Waals surface area contributed by atoms with Crippen LogP contribution in [0.5, 0.6) is 0 Å². The molecule has 0 aliphatic carbocycles. The highest BCUT2D eigenvalue weighted by molar-refractivity contribution is 4.91. The molecule has 0 bridgehead atoms. The normalized spacial score (nSPS) is 51.9. The summed E-state index contributed by atoms with van der Waals surface area (Å²) in [4.78, 5) is 0. The van der Waals surface area contributed by atoms with Crippen molar-refractivity contribution in [2.45, 2.75) is 55.3 Å². The molecule has 21 heavy (non-hydrogen) atoms. The minimum Gasteiger partial charge on any atom is -0.394 e. The highest BCUT2D eigenvalue weighted by atomic mass is 16.7. The average Bonchev–Trinajstić information content (AvgIpc) is 2.47.